The van der Waals surface area contributed by atoms with Crippen molar-refractivity contribution in [1.82, 2.24) is 9.97 Å². The van der Waals surface area contributed by atoms with Crippen molar-refractivity contribution in [2.75, 3.05) is 32.2 Å². The van der Waals surface area contributed by atoms with Crippen LogP contribution in [0, 0.1) is 5.41 Å². The van der Waals surface area contributed by atoms with Gasteiger partial charge in [0.2, 0.25) is 5.88 Å². The minimum absolute atomic E-state index is 0.173. The molecule has 0 bridgehead atoms. The molecule has 2 aliphatic rings. The molecule has 1 aromatic heterocycles. The summed E-state index contributed by atoms with van der Waals surface area (Å²) < 4.78 is 16.6. The summed E-state index contributed by atoms with van der Waals surface area (Å²) in [6.07, 6.45) is 4.94. The molecule has 1 aliphatic heterocycles. The van der Waals surface area contributed by atoms with Gasteiger partial charge in [0, 0.05) is 37.3 Å². The van der Waals surface area contributed by atoms with Crippen molar-refractivity contribution in [2.24, 2.45) is 5.41 Å². The van der Waals surface area contributed by atoms with E-state index in [1.54, 1.807) is 7.11 Å². The number of aromatic nitrogens is 2. The molecule has 21 heavy (non-hydrogen) atoms. The van der Waals surface area contributed by atoms with Crippen LogP contribution in [-0.2, 0) is 9.47 Å². The molecule has 6 heteroatoms. The zero-order valence-electron chi connectivity index (χ0n) is 12.7. The Hall–Kier alpha value is -1.40. The fourth-order valence-corrected chi connectivity index (χ4v) is 3.52. The van der Waals surface area contributed by atoms with Crippen LogP contribution in [0.5, 0.6) is 5.88 Å². The Morgan fingerprint density at radius 3 is 2.90 bits per heavy atom. The predicted molar refractivity (Wildman–Crippen MR) is 78.5 cm³/mol. The van der Waals surface area contributed by atoms with E-state index in [4.69, 9.17) is 14.2 Å². The van der Waals surface area contributed by atoms with Crippen LogP contribution in [-0.4, -0.2) is 49.0 Å². The monoisotopic (exact) mass is 293 g/mol. The molecule has 1 saturated carbocycles. The number of anilines is 1. The highest BCUT2D eigenvalue weighted by molar-refractivity contribution is 5.40. The molecule has 6 nitrogen and oxygen atoms in total. The molecular weight excluding hydrogens is 270 g/mol. The van der Waals surface area contributed by atoms with Crippen LogP contribution in [0.3, 0.4) is 0 Å². The first-order valence-electron chi connectivity index (χ1n) is 7.60. The summed E-state index contributed by atoms with van der Waals surface area (Å²) in [6.45, 7) is 4.45. The summed E-state index contributed by atoms with van der Waals surface area (Å²) in [5.41, 5.74) is 0.173. The van der Waals surface area contributed by atoms with Crippen molar-refractivity contribution in [2.45, 2.75) is 38.3 Å². The molecule has 1 saturated heterocycles. The van der Waals surface area contributed by atoms with Crippen LogP contribution < -0.4 is 10.1 Å². The van der Waals surface area contributed by atoms with Gasteiger partial charge in [0.1, 0.15) is 12.1 Å². The van der Waals surface area contributed by atoms with E-state index >= 15 is 0 Å². The lowest BCUT2D eigenvalue weighted by Gasteiger charge is -2.57. The van der Waals surface area contributed by atoms with Gasteiger partial charge in [-0.1, -0.05) is 0 Å². The normalized spacial score (nSPS) is 27.1. The molecule has 2 fully saturated rings. The van der Waals surface area contributed by atoms with Crippen molar-refractivity contribution >= 4 is 5.82 Å². The summed E-state index contributed by atoms with van der Waals surface area (Å²) in [6, 6.07) is 2.21. The second kappa shape index (κ2) is 6.15. The smallest absolute Gasteiger partial charge is 0.218 e. The molecule has 3 rings (SSSR count). The van der Waals surface area contributed by atoms with Crippen molar-refractivity contribution in [3.05, 3.63) is 12.4 Å². The van der Waals surface area contributed by atoms with Gasteiger partial charge in [-0.2, -0.15) is 0 Å². The summed E-state index contributed by atoms with van der Waals surface area (Å²) in [7, 11) is 1.61. The van der Waals surface area contributed by atoms with Crippen LogP contribution in [0.1, 0.15) is 26.2 Å². The molecule has 1 N–H and O–H groups in total. The van der Waals surface area contributed by atoms with Gasteiger partial charge in [-0.05, 0) is 26.2 Å². The fraction of sp³-hybridized carbons (Fsp3) is 0.733. The third-order valence-corrected chi connectivity index (χ3v) is 4.75. The van der Waals surface area contributed by atoms with Gasteiger partial charge in [-0.3, -0.25) is 0 Å². The van der Waals surface area contributed by atoms with Crippen LogP contribution in [0.2, 0.25) is 0 Å². The molecule has 2 heterocycles. The highest BCUT2D eigenvalue weighted by Gasteiger charge is 2.56. The Labute approximate surface area is 125 Å². The molecule has 0 aromatic carbocycles. The number of hydrogen-bond acceptors (Lipinski definition) is 6. The lowest BCUT2D eigenvalue weighted by atomic mass is 9.57. The van der Waals surface area contributed by atoms with Crippen molar-refractivity contribution in [3.63, 3.8) is 0 Å². The molecule has 0 radical (unpaired) electrons. The summed E-state index contributed by atoms with van der Waals surface area (Å²) in [4.78, 5) is 8.32. The molecule has 1 spiro atoms. The predicted octanol–water partition coefficient (Wildman–Crippen LogP) is 1.87. The lowest BCUT2D eigenvalue weighted by molar-refractivity contribution is -0.159. The van der Waals surface area contributed by atoms with E-state index in [1.807, 2.05) is 6.07 Å². The molecule has 116 valence electrons. The number of ether oxygens (including phenoxy) is 3. The van der Waals surface area contributed by atoms with E-state index in [-0.39, 0.29) is 5.41 Å². The zero-order chi connectivity index (χ0) is 14.7. The average molecular weight is 293 g/mol. The minimum Gasteiger partial charge on any atom is -0.481 e. The highest BCUT2D eigenvalue weighted by atomic mass is 16.5. The molecular formula is C15H23N3O3. The van der Waals surface area contributed by atoms with Gasteiger partial charge >= 0.3 is 0 Å². The highest BCUT2D eigenvalue weighted by Crippen LogP contribution is 2.51. The van der Waals surface area contributed by atoms with Crippen LogP contribution in [0.25, 0.3) is 0 Å². The number of methoxy groups -OCH3 is 1. The Bertz CT molecular complexity index is 477. The molecule has 0 amide bonds. The number of nitrogens with zero attached hydrogens (tertiary/aromatic N) is 2. The Morgan fingerprint density at radius 2 is 2.19 bits per heavy atom. The lowest BCUT2D eigenvalue weighted by Crippen LogP contribution is -2.63. The standard InChI is InChI=1S/C15H23N3O3/c1-3-21-12-8-11(15(12)4-6-20-7-5-15)18-13-9-14(19-2)17-10-16-13/h9-12H,3-8H2,1-2H3,(H,16,17,18)/t11-,12-/m1/s1. The van der Waals surface area contributed by atoms with Gasteiger partial charge in [0.15, 0.2) is 0 Å². The number of rotatable bonds is 5. The third kappa shape index (κ3) is 2.70. The minimum atomic E-state index is 0.173. The molecule has 2 atom stereocenters. The topological polar surface area (TPSA) is 65.5 Å². The van der Waals surface area contributed by atoms with Crippen molar-refractivity contribution in [3.8, 4) is 5.88 Å². The van der Waals surface area contributed by atoms with E-state index in [9.17, 15) is 0 Å². The zero-order valence-corrected chi connectivity index (χ0v) is 12.7. The first-order chi connectivity index (χ1) is 10.3. The van der Waals surface area contributed by atoms with E-state index in [1.165, 1.54) is 6.33 Å². The summed E-state index contributed by atoms with van der Waals surface area (Å²) >= 11 is 0. The molecule has 0 unspecified atom stereocenters. The Morgan fingerprint density at radius 1 is 1.38 bits per heavy atom. The van der Waals surface area contributed by atoms with Gasteiger partial charge in [0.05, 0.1) is 13.2 Å². The fourth-order valence-electron chi connectivity index (χ4n) is 3.52. The maximum atomic E-state index is 5.93. The second-order valence-electron chi connectivity index (χ2n) is 5.67. The summed E-state index contributed by atoms with van der Waals surface area (Å²) in [5, 5.41) is 3.54. The van der Waals surface area contributed by atoms with Crippen LogP contribution >= 0.6 is 0 Å². The number of nitrogens with one attached hydrogen (secondary N) is 1. The van der Waals surface area contributed by atoms with Crippen LogP contribution in [0.4, 0.5) is 5.82 Å². The SMILES string of the molecule is CCO[C@@H]1C[C@@H](Nc2cc(OC)ncn2)C12CCOCC2. The van der Waals surface area contributed by atoms with E-state index in [0.29, 0.717) is 18.0 Å². The summed E-state index contributed by atoms with van der Waals surface area (Å²) in [5.74, 6) is 1.39. The van der Waals surface area contributed by atoms with Crippen molar-refractivity contribution < 1.29 is 14.2 Å². The van der Waals surface area contributed by atoms with E-state index in [0.717, 1.165) is 44.9 Å². The molecule has 1 aromatic rings. The molecule has 1 aliphatic carbocycles. The van der Waals surface area contributed by atoms with E-state index < -0.39 is 0 Å². The quantitative estimate of drug-likeness (QED) is 0.894. The largest absolute Gasteiger partial charge is 0.481 e. The first kappa shape index (κ1) is 14.5. The average Bonchev–Trinajstić information content (AvgIpc) is 2.55. The van der Waals surface area contributed by atoms with Gasteiger partial charge in [-0.15, -0.1) is 0 Å². The van der Waals surface area contributed by atoms with Crippen LogP contribution in [0.15, 0.2) is 12.4 Å². The van der Waals surface area contributed by atoms with Crippen molar-refractivity contribution in [1.29, 1.82) is 0 Å². The maximum absolute atomic E-state index is 5.93. The third-order valence-electron chi connectivity index (χ3n) is 4.75. The second-order valence-corrected chi connectivity index (χ2v) is 5.67. The Balaban J connectivity index is 1.72. The number of hydrogen-bond donors (Lipinski definition) is 1. The van der Waals surface area contributed by atoms with Gasteiger partial charge < -0.3 is 19.5 Å². The van der Waals surface area contributed by atoms with Gasteiger partial charge in [-0.25, -0.2) is 9.97 Å². The maximum Gasteiger partial charge on any atom is 0.218 e. The van der Waals surface area contributed by atoms with E-state index in [2.05, 4.69) is 22.2 Å². The Kier molecular flexibility index (Phi) is 4.26. The van der Waals surface area contributed by atoms with Gasteiger partial charge in [0.25, 0.3) is 0 Å². The first-order valence-corrected chi connectivity index (χ1v) is 7.60.